The summed E-state index contributed by atoms with van der Waals surface area (Å²) in [4.78, 5) is 42.4. The highest BCUT2D eigenvalue weighted by Crippen LogP contribution is 2.32. The van der Waals surface area contributed by atoms with Gasteiger partial charge in [0.05, 0.1) is 18.7 Å². The number of fused-ring (bicyclic) bond motifs is 1. The van der Waals surface area contributed by atoms with E-state index in [0.29, 0.717) is 67.5 Å². The van der Waals surface area contributed by atoms with Gasteiger partial charge in [-0.1, -0.05) is 54.1 Å². The summed E-state index contributed by atoms with van der Waals surface area (Å²) in [6, 6.07) is 21.8. The minimum absolute atomic E-state index is 0.00494. The summed E-state index contributed by atoms with van der Waals surface area (Å²) >= 11 is 6.08. The average Bonchev–Trinajstić information content (AvgIpc) is 3.54. The number of carbonyl (C=O) groups excluding carboxylic acids is 3. The zero-order valence-electron chi connectivity index (χ0n) is 26.0. The van der Waals surface area contributed by atoms with Gasteiger partial charge in [-0.05, 0) is 67.1 Å². The number of hydrogen-bond acceptors (Lipinski definition) is 7. The summed E-state index contributed by atoms with van der Waals surface area (Å²) in [6.07, 6.45) is 1.00. The molecule has 0 aliphatic carbocycles. The van der Waals surface area contributed by atoms with Crippen molar-refractivity contribution in [2.45, 2.75) is 44.8 Å². The molecule has 0 saturated carbocycles. The number of hydrogen-bond donors (Lipinski definition) is 3. The highest BCUT2D eigenvalue weighted by molar-refractivity contribution is 6.30. The molecule has 46 heavy (non-hydrogen) atoms. The number of aliphatic hydroxyl groups excluding tert-OH is 1. The SMILES string of the molecule is CC(=O)N1CCC(C(=O)N(CCc2ccc3c(c2)OCO3)CC(O)C(Cc2ccccc2)NC(=O)CNc2cccc(Cl)c2)CC1. The Morgan fingerprint density at radius 1 is 0.978 bits per heavy atom. The molecule has 3 aromatic rings. The molecule has 2 unspecified atom stereocenters. The van der Waals surface area contributed by atoms with E-state index >= 15 is 0 Å². The van der Waals surface area contributed by atoms with Crippen LogP contribution < -0.4 is 20.1 Å². The number of amides is 3. The van der Waals surface area contributed by atoms with Crippen LogP contribution in [0.25, 0.3) is 0 Å². The van der Waals surface area contributed by atoms with E-state index in [1.807, 2.05) is 54.6 Å². The van der Waals surface area contributed by atoms with Crippen molar-refractivity contribution in [3.8, 4) is 11.5 Å². The molecule has 244 valence electrons. The maximum Gasteiger partial charge on any atom is 0.239 e. The van der Waals surface area contributed by atoms with Gasteiger partial charge in [0, 0.05) is 49.7 Å². The number of likely N-dealkylation sites (tertiary alicyclic amines) is 1. The Morgan fingerprint density at radius 3 is 2.48 bits per heavy atom. The van der Waals surface area contributed by atoms with Crippen molar-refractivity contribution in [2.24, 2.45) is 5.92 Å². The number of anilines is 1. The summed E-state index contributed by atoms with van der Waals surface area (Å²) in [5.41, 5.74) is 2.63. The van der Waals surface area contributed by atoms with Gasteiger partial charge in [0.15, 0.2) is 11.5 Å². The third kappa shape index (κ3) is 9.14. The Hall–Kier alpha value is -4.28. The second-order valence-electron chi connectivity index (χ2n) is 11.8. The number of ether oxygens (including phenoxy) is 2. The predicted octanol–water partition coefficient (Wildman–Crippen LogP) is 3.90. The van der Waals surface area contributed by atoms with Crippen molar-refractivity contribution >= 4 is 35.0 Å². The molecule has 1 saturated heterocycles. The van der Waals surface area contributed by atoms with Crippen LogP contribution in [0.3, 0.4) is 0 Å². The van der Waals surface area contributed by atoms with Crippen LogP contribution in [0, 0.1) is 5.92 Å². The summed E-state index contributed by atoms with van der Waals surface area (Å²) < 4.78 is 11.0. The lowest BCUT2D eigenvalue weighted by atomic mass is 9.94. The molecule has 2 heterocycles. The van der Waals surface area contributed by atoms with Crippen LogP contribution >= 0.6 is 11.6 Å². The lowest BCUT2D eigenvalue weighted by Crippen LogP contribution is -2.53. The third-order valence-electron chi connectivity index (χ3n) is 8.50. The van der Waals surface area contributed by atoms with Gasteiger partial charge >= 0.3 is 0 Å². The normalized spacial score (nSPS) is 15.6. The molecule has 2 aliphatic heterocycles. The second-order valence-corrected chi connectivity index (χ2v) is 12.2. The van der Waals surface area contributed by atoms with E-state index < -0.39 is 12.1 Å². The van der Waals surface area contributed by atoms with Crippen LogP contribution in [-0.2, 0) is 27.2 Å². The molecule has 3 aromatic carbocycles. The van der Waals surface area contributed by atoms with Crippen molar-refractivity contribution in [1.29, 1.82) is 0 Å². The molecule has 2 aliphatic rings. The summed E-state index contributed by atoms with van der Waals surface area (Å²) in [5, 5.41) is 18.3. The Labute approximate surface area is 274 Å². The number of halogens is 1. The molecule has 5 rings (SSSR count). The van der Waals surface area contributed by atoms with Crippen LogP contribution in [0.1, 0.15) is 30.9 Å². The Balaban J connectivity index is 1.29. The van der Waals surface area contributed by atoms with E-state index in [1.165, 1.54) is 0 Å². The van der Waals surface area contributed by atoms with Crippen LogP contribution in [0.4, 0.5) is 5.69 Å². The maximum absolute atomic E-state index is 14.0. The minimum Gasteiger partial charge on any atom is -0.454 e. The highest BCUT2D eigenvalue weighted by atomic mass is 35.5. The van der Waals surface area contributed by atoms with Gasteiger partial charge in [0.1, 0.15) is 0 Å². The Bertz CT molecular complexity index is 1500. The fourth-order valence-electron chi connectivity index (χ4n) is 5.89. The van der Waals surface area contributed by atoms with Gasteiger partial charge in [-0.2, -0.15) is 0 Å². The largest absolute Gasteiger partial charge is 0.454 e. The van der Waals surface area contributed by atoms with E-state index in [1.54, 1.807) is 34.9 Å². The topological polar surface area (TPSA) is 120 Å². The van der Waals surface area contributed by atoms with Gasteiger partial charge in [-0.15, -0.1) is 0 Å². The fourth-order valence-corrected chi connectivity index (χ4v) is 6.08. The van der Waals surface area contributed by atoms with Gasteiger partial charge in [0.25, 0.3) is 0 Å². The molecule has 0 aromatic heterocycles. The zero-order chi connectivity index (χ0) is 32.5. The molecular formula is C35H41ClN4O6. The molecule has 1 fully saturated rings. The molecule has 11 heteroatoms. The predicted molar refractivity (Wildman–Crippen MR) is 176 cm³/mol. The van der Waals surface area contributed by atoms with E-state index in [2.05, 4.69) is 10.6 Å². The van der Waals surface area contributed by atoms with Crippen LogP contribution in [0.5, 0.6) is 11.5 Å². The third-order valence-corrected chi connectivity index (χ3v) is 8.74. The monoisotopic (exact) mass is 648 g/mol. The van der Waals surface area contributed by atoms with E-state index in [-0.39, 0.29) is 43.5 Å². The molecule has 3 amide bonds. The quantitative estimate of drug-likeness (QED) is 0.257. The zero-order valence-corrected chi connectivity index (χ0v) is 26.7. The number of aliphatic hydroxyl groups is 1. The first-order valence-corrected chi connectivity index (χ1v) is 16.1. The number of nitrogens with one attached hydrogen (secondary N) is 2. The van der Waals surface area contributed by atoms with Crippen LogP contribution in [0.2, 0.25) is 5.02 Å². The Kier molecular flexibility index (Phi) is 11.4. The van der Waals surface area contributed by atoms with Crippen molar-refractivity contribution in [3.63, 3.8) is 0 Å². The lowest BCUT2D eigenvalue weighted by Gasteiger charge is -2.36. The lowest BCUT2D eigenvalue weighted by molar-refractivity contribution is -0.141. The van der Waals surface area contributed by atoms with Gasteiger partial charge in [0.2, 0.25) is 24.5 Å². The number of carbonyl (C=O) groups is 3. The number of piperidine rings is 1. The summed E-state index contributed by atoms with van der Waals surface area (Å²) in [6.45, 7) is 3.16. The minimum atomic E-state index is -1.05. The van der Waals surface area contributed by atoms with Crippen molar-refractivity contribution in [3.05, 3.63) is 88.9 Å². The van der Waals surface area contributed by atoms with Crippen molar-refractivity contribution in [1.82, 2.24) is 15.1 Å². The van der Waals surface area contributed by atoms with Crippen LogP contribution in [0.15, 0.2) is 72.8 Å². The molecular weight excluding hydrogens is 608 g/mol. The maximum atomic E-state index is 14.0. The smallest absolute Gasteiger partial charge is 0.239 e. The molecule has 3 N–H and O–H groups in total. The van der Waals surface area contributed by atoms with Crippen molar-refractivity contribution < 1.29 is 29.0 Å². The summed E-state index contributed by atoms with van der Waals surface area (Å²) in [7, 11) is 0. The Morgan fingerprint density at radius 2 is 1.74 bits per heavy atom. The van der Waals surface area contributed by atoms with E-state index in [0.717, 1.165) is 11.1 Å². The fraction of sp³-hybridized carbons (Fsp3) is 0.400. The second kappa shape index (κ2) is 15.8. The highest BCUT2D eigenvalue weighted by Gasteiger charge is 2.32. The van der Waals surface area contributed by atoms with Gasteiger partial charge in [-0.25, -0.2) is 0 Å². The summed E-state index contributed by atoms with van der Waals surface area (Å²) in [5.74, 6) is 0.747. The number of rotatable bonds is 13. The molecule has 10 nitrogen and oxygen atoms in total. The first-order chi connectivity index (χ1) is 22.2. The average molecular weight is 649 g/mol. The first kappa shape index (κ1) is 33.1. The molecule has 0 radical (unpaired) electrons. The molecule has 2 atom stereocenters. The van der Waals surface area contributed by atoms with Crippen molar-refractivity contribution in [2.75, 3.05) is 44.8 Å². The number of nitrogens with zero attached hydrogens (tertiary/aromatic N) is 2. The standard InChI is InChI=1S/C35H41ClN4O6/c1-24(41)39-16-13-27(14-17-39)35(44)40(15-12-26-10-11-32-33(19-26)46-23-45-32)22-31(42)30(18-25-6-3-2-4-7-25)38-34(43)21-37-29-9-5-8-28(36)20-29/h2-11,19-20,27,30-31,37,42H,12-18,21-23H2,1H3,(H,38,43). The van der Waals surface area contributed by atoms with Crippen LogP contribution in [-0.4, -0.2) is 84.3 Å². The van der Waals surface area contributed by atoms with Gasteiger partial charge < -0.3 is 35.0 Å². The number of benzene rings is 3. The first-order valence-electron chi connectivity index (χ1n) is 15.7. The van der Waals surface area contributed by atoms with Gasteiger partial charge in [-0.3, -0.25) is 14.4 Å². The molecule has 0 spiro atoms. The molecule has 0 bridgehead atoms. The van der Waals surface area contributed by atoms with E-state index in [9.17, 15) is 19.5 Å². The van der Waals surface area contributed by atoms with E-state index in [4.69, 9.17) is 21.1 Å².